The van der Waals surface area contributed by atoms with Crippen molar-refractivity contribution in [3.63, 3.8) is 0 Å². The zero-order chi connectivity index (χ0) is 15.0. The van der Waals surface area contributed by atoms with Crippen LogP contribution >= 0.6 is 0 Å². The van der Waals surface area contributed by atoms with Crippen LogP contribution in [0.3, 0.4) is 0 Å². The van der Waals surface area contributed by atoms with Gasteiger partial charge in [-0.15, -0.1) is 0 Å². The number of hydrogen-bond acceptors (Lipinski definition) is 3. The first-order valence-corrected chi connectivity index (χ1v) is 8.11. The molecule has 2 unspecified atom stereocenters. The van der Waals surface area contributed by atoms with Gasteiger partial charge in [-0.2, -0.15) is 0 Å². The fourth-order valence-electron chi connectivity index (χ4n) is 3.45. The summed E-state index contributed by atoms with van der Waals surface area (Å²) < 4.78 is 0. The molecule has 1 amide bonds. The second kappa shape index (κ2) is 5.64. The summed E-state index contributed by atoms with van der Waals surface area (Å²) in [4.78, 5) is 17.3. The first kappa shape index (κ1) is 15.8. The summed E-state index contributed by atoms with van der Waals surface area (Å²) in [6, 6.07) is 0. The van der Waals surface area contributed by atoms with Crippen LogP contribution in [0.4, 0.5) is 0 Å². The first-order valence-electron chi connectivity index (χ1n) is 8.11. The Hall–Kier alpha value is -0.610. The van der Waals surface area contributed by atoms with Crippen LogP contribution in [0.25, 0.3) is 0 Å². The number of likely N-dealkylation sites (tertiary alicyclic amines) is 1. The first-order chi connectivity index (χ1) is 9.33. The van der Waals surface area contributed by atoms with Crippen molar-refractivity contribution in [2.24, 2.45) is 5.41 Å². The second-order valence-corrected chi connectivity index (χ2v) is 7.30. The molecule has 2 aliphatic heterocycles. The van der Waals surface area contributed by atoms with Crippen molar-refractivity contribution in [3.8, 4) is 0 Å². The van der Waals surface area contributed by atoms with E-state index in [1.807, 2.05) is 0 Å². The molecule has 0 radical (unpaired) electrons. The fourth-order valence-corrected chi connectivity index (χ4v) is 3.45. The summed E-state index contributed by atoms with van der Waals surface area (Å²) in [5.41, 5.74) is -0.0846. The highest BCUT2D eigenvalue weighted by atomic mass is 16.2. The lowest BCUT2D eigenvalue weighted by molar-refractivity contribution is -0.134. The lowest BCUT2D eigenvalue weighted by atomic mass is 9.79. The van der Waals surface area contributed by atoms with Gasteiger partial charge in [-0.05, 0) is 58.2 Å². The Kier molecular flexibility index (Phi) is 4.45. The van der Waals surface area contributed by atoms with Crippen LogP contribution in [0.15, 0.2) is 0 Å². The minimum Gasteiger partial charge on any atom is -0.325 e. The van der Waals surface area contributed by atoms with Crippen molar-refractivity contribution in [2.45, 2.75) is 65.1 Å². The van der Waals surface area contributed by atoms with Gasteiger partial charge in [0.2, 0.25) is 5.91 Å². The van der Waals surface area contributed by atoms with E-state index in [1.54, 1.807) is 0 Å². The molecule has 0 aliphatic carbocycles. The van der Waals surface area contributed by atoms with Crippen LogP contribution in [0.2, 0.25) is 0 Å². The molecule has 0 aromatic heterocycles. The molecule has 20 heavy (non-hydrogen) atoms. The third-order valence-corrected chi connectivity index (χ3v) is 5.43. The molecule has 0 spiro atoms. The summed E-state index contributed by atoms with van der Waals surface area (Å²) >= 11 is 0. The third-order valence-electron chi connectivity index (χ3n) is 5.43. The Morgan fingerprint density at radius 3 is 2.35 bits per heavy atom. The topological polar surface area (TPSA) is 35.6 Å². The molecule has 2 aliphatic rings. The number of rotatable bonds is 4. The summed E-state index contributed by atoms with van der Waals surface area (Å²) in [5.74, 6) is 0.298. The average Bonchev–Trinajstić information content (AvgIpc) is 2.67. The van der Waals surface area contributed by atoms with Crippen molar-refractivity contribution in [2.75, 3.05) is 26.7 Å². The smallest absolute Gasteiger partial charge is 0.243 e. The SMILES string of the molecule is CCC1NC(C)(CC)C(=O)N1CC1(C)CCN(C)CC1. The Morgan fingerprint density at radius 1 is 1.25 bits per heavy atom. The van der Waals surface area contributed by atoms with Crippen molar-refractivity contribution < 1.29 is 4.79 Å². The van der Waals surface area contributed by atoms with Crippen LogP contribution in [0.1, 0.15) is 53.4 Å². The number of amides is 1. The Labute approximate surface area is 123 Å². The predicted octanol–water partition coefficient (Wildman–Crippen LogP) is 2.05. The van der Waals surface area contributed by atoms with E-state index in [0.29, 0.717) is 5.91 Å². The van der Waals surface area contributed by atoms with E-state index in [-0.39, 0.29) is 17.1 Å². The minimum absolute atomic E-state index is 0.212. The standard InChI is InChI=1S/C16H31N3O/c1-6-13-17-16(4,7-2)14(20)19(13)12-15(3)8-10-18(5)11-9-15/h13,17H,6-12H2,1-5H3. The number of nitrogens with one attached hydrogen (secondary N) is 1. The van der Waals surface area contributed by atoms with E-state index in [0.717, 1.165) is 32.5 Å². The molecule has 2 saturated heterocycles. The summed E-state index contributed by atoms with van der Waals surface area (Å²) in [7, 11) is 2.19. The lowest BCUT2D eigenvalue weighted by Gasteiger charge is -2.41. The maximum Gasteiger partial charge on any atom is 0.243 e. The molecule has 2 heterocycles. The predicted molar refractivity (Wildman–Crippen MR) is 82.5 cm³/mol. The summed E-state index contributed by atoms with van der Waals surface area (Å²) in [6.07, 6.45) is 4.43. The molecule has 0 aromatic carbocycles. The zero-order valence-electron chi connectivity index (χ0n) is 13.8. The van der Waals surface area contributed by atoms with Gasteiger partial charge >= 0.3 is 0 Å². The summed E-state index contributed by atoms with van der Waals surface area (Å²) in [6.45, 7) is 11.9. The molecule has 2 rings (SSSR count). The number of piperidine rings is 1. The van der Waals surface area contributed by atoms with Crippen LogP contribution in [0, 0.1) is 5.41 Å². The van der Waals surface area contributed by atoms with Crippen LogP contribution in [-0.2, 0) is 4.79 Å². The van der Waals surface area contributed by atoms with Gasteiger partial charge in [-0.25, -0.2) is 0 Å². The second-order valence-electron chi connectivity index (χ2n) is 7.30. The molecule has 1 N–H and O–H groups in total. The van der Waals surface area contributed by atoms with Gasteiger partial charge in [0, 0.05) is 6.54 Å². The normalized spacial score (nSPS) is 34.8. The maximum absolute atomic E-state index is 12.8. The van der Waals surface area contributed by atoms with E-state index < -0.39 is 0 Å². The quantitative estimate of drug-likeness (QED) is 0.857. The Balaban J connectivity index is 2.09. The molecule has 4 heteroatoms. The maximum atomic E-state index is 12.8. The molecule has 2 atom stereocenters. The van der Waals surface area contributed by atoms with Crippen molar-refractivity contribution in [1.82, 2.24) is 15.1 Å². The van der Waals surface area contributed by atoms with E-state index in [9.17, 15) is 4.79 Å². The van der Waals surface area contributed by atoms with E-state index in [1.165, 1.54) is 12.8 Å². The highest BCUT2D eigenvalue weighted by Gasteiger charge is 2.47. The zero-order valence-corrected chi connectivity index (χ0v) is 13.8. The molecule has 4 nitrogen and oxygen atoms in total. The van der Waals surface area contributed by atoms with E-state index >= 15 is 0 Å². The third kappa shape index (κ3) is 2.86. The van der Waals surface area contributed by atoms with Gasteiger partial charge in [-0.1, -0.05) is 20.8 Å². The minimum atomic E-state index is -0.359. The number of hydrogen-bond donors (Lipinski definition) is 1. The van der Waals surface area contributed by atoms with Gasteiger partial charge in [-0.3, -0.25) is 10.1 Å². The highest BCUT2D eigenvalue weighted by Crippen LogP contribution is 2.35. The van der Waals surface area contributed by atoms with Crippen molar-refractivity contribution in [3.05, 3.63) is 0 Å². The number of carbonyl (C=O) groups excluding carboxylic acids is 1. The van der Waals surface area contributed by atoms with Gasteiger partial charge in [0.25, 0.3) is 0 Å². The summed E-state index contributed by atoms with van der Waals surface area (Å²) in [5, 5.41) is 3.55. The Morgan fingerprint density at radius 2 is 1.85 bits per heavy atom. The highest BCUT2D eigenvalue weighted by molar-refractivity contribution is 5.88. The van der Waals surface area contributed by atoms with Crippen molar-refractivity contribution in [1.29, 1.82) is 0 Å². The van der Waals surface area contributed by atoms with Crippen LogP contribution in [0.5, 0.6) is 0 Å². The van der Waals surface area contributed by atoms with E-state index in [4.69, 9.17) is 0 Å². The van der Waals surface area contributed by atoms with Crippen LogP contribution < -0.4 is 5.32 Å². The Bertz CT molecular complexity index is 363. The number of nitrogens with zero attached hydrogens (tertiary/aromatic N) is 2. The molecule has 0 bridgehead atoms. The lowest BCUT2D eigenvalue weighted by Crippen LogP contribution is -2.48. The van der Waals surface area contributed by atoms with Crippen molar-refractivity contribution >= 4 is 5.91 Å². The van der Waals surface area contributed by atoms with E-state index in [2.05, 4.69) is 49.9 Å². The molecule has 2 fully saturated rings. The molecular weight excluding hydrogens is 250 g/mol. The van der Waals surface area contributed by atoms with Crippen LogP contribution in [-0.4, -0.2) is 54.1 Å². The van der Waals surface area contributed by atoms with Gasteiger partial charge in [0.1, 0.15) is 0 Å². The monoisotopic (exact) mass is 281 g/mol. The largest absolute Gasteiger partial charge is 0.325 e. The van der Waals surface area contributed by atoms with Gasteiger partial charge in [0.15, 0.2) is 0 Å². The molecule has 0 aromatic rings. The molecular formula is C16H31N3O. The fraction of sp³-hybridized carbons (Fsp3) is 0.938. The average molecular weight is 281 g/mol. The molecule has 0 saturated carbocycles. The molecule has 116 valence electrons. The number of carbonyl (C=O) groups is 1. The van der Waals surface area contributed by atoms with Gasteiger partial charge in [0.05, 0.1) is 11.7 Å². The van der Waals surface area contributed by atoms with Gasteiger partial charge < -0.3 is 9.80 Å².